The van der Waals surface area contributed by atoms with E-state index in [9.17, 15) is 14.4 Å². The van der Waals surface area contributed by atoms with Gasteiger partial charge < -0.3 is 16.0 Å². The van der Waals surface area contributed by atoms with Gasteiger partial charge in [0.05, 0.1) is 13.1 Å². The molecule has 0 aliphatic rings. The molecular weight excluding hydrogens is 318 g/mol. The zero-order valence-electron chi connectivity index (χ0n) is 15.5. The fraction of sp³-hybridized carbons (Fsp3) is 0.526. The van der Waals surface area contributed by atoms with Gasteiger partial charge in [-0.2, -0.15) is 0 Å². The second-order valence-corrected chi connectivity index (χ2v) is 6.68. The molecule has 1 rings (SSSR count). The molecule has 0 aromatic heterocycles. The molecular formula is C19H29N3O3. The maximum Gasteiger partial charge on any atom is 0.243 e. The van der Waals surface area contributed by atoms with Crippen LogP contribution in [-0.2, 0) is 20.8 Å². The largest absolute Gasteiger partial charge is 0.347 e. The number of rotatable bonds is 10. The average Bonchev–Trinajstić information content (AvgIpc) is 2.57. The summed E-state index contributed by atoms with van der Waals surface area (Å²) >= 11 is 0. The molecule has 0 unspecified atom stereocenters. The van der Waals surface area contributed by atoms with Crippen LogP contribution in [0.3, 0.4) is 0 Å². The summed E-state index contributed by atoms with van der Waals surface area (Å²) in [6.45, 7) is 7.58. The van der Waals surface area contributed by atoms with Crippen molar-refractivity contribution in [3.8, 4) is 0 Å². The first-order valence-corrected chi connectivity index (χ1v) is 8.66. The Morgan fingerprint density at radius 1 is 0.960 bits per heavy atom. The van der Waals surface area contributed by atoms with E-state index in [1.165, 1.54) is 0 Å². The van der Waals surface area contributed by atoms with E-state index in [1.807, 2.05) is 44.2 Å². The number of benzene rings is 1. The molecule has 3 N–H and O–H groups in total. The van der Waals surface area contributed by atoms with Crippen LogP contribution >= 0.6 is 0 Å². The topological polar surface area (TPSA) is 87.3 Å². The predicted octanol–water partition coefficient (Wildman–Crippen LogP) is 1.05. The fourth-order valence-corrected chi connectivity index (χ4v) is 2.10. The SMILES string of the molecule is CC(C)NCC(=O)N[C@@H](Cc1ccccc1)C(=O)NCC(=O)C(C)C. The third kappa shape index (κ3) is 8.44. The van der Waals surface area contributed by atoms with Crippen LogP contribution in [0.4, 0.5) is 0 Å². The molecule has 6 nitrogen and oxygen atoms in total. The summed E-state index contributed by atoms with van der Waals surface area (Å²) in [5.41, 5.74) is 0.940. The number of amides is 2. The fourth-order valence-electron chi connectivity index (χ4n) is 2.10. The molecule has 25 heavy (non-hydrogen) atoms. The van der Waals surface area contributed by atoms with Crippen molar-refractivity contribution in [1.29, 1.82) is 0 Å². The van der Waals surface area contributed by atoms with Crippen LogP contribution in [0.2, 0.25) is 0 Å². The summed E-state index contributed by atoms with van der Waals surface area (Å²) in [5.74, 6) is -0.784. The van der Waals surface area contributed by atoms with Crippen molar-refractivity contribution in [3.63, 3.8) is 0 Å². The highest BCUT2D eigenvalue weighted by molar-refractivity contribution is 5.92. The highest BCUT2D eigenvalue weighted by atomic mass is 16.2. The van der Waals surface area contributed by atoms with Crippen molar-refractivity contribution in [3.05, 3.63) is 35.9 Å². The molecule has 0 saturated carbocycles. The van der Waals surface area contributed by atoms with E-state index in [4.69, 9.17) is 0 Å². The Balaban J connectivity index is 2.71. The van der Waals surface area contributed by atoms with E-state index < -0.39 is 6.04 Å². The Morgan fingerprint density at radius 3 is 2.16 bits per heavy atom. The Morgan fingerprint density at radius 2 is 1.60 bits per heavy atom. The number of hydrogen-bond acceptors (Lipinski definition) is 4. The number of Topliss-reactive ketones (excluding diaryl/α,β-unsaturated/α-hetero) is 1. The summed E-state index contributed by atoms with van der Waals surface area (Å²) in [4.78, 5) is 36.2. The van der Waals surface area contributed by atoms with Crippen LogP contribution in [0, 0.1) is 5.92 Å². The number of carbonyl (C=O) groups is 3. The van der Waals surface area contributed by atoms with Crippen molar-refractivity contribution in [2.24, 2.45) is 5.92 Å². The first-order valence-electron chi connectivity index (χ1n) is 8.66. The monoisotopic (exact) mass is 347 g/mol. The van der Waals surface area contributed by atoms with Gasteiger partial charge >= 0.3 is 0 Å². The lowest BCUT2D eigenvalue weighted by atomic mass is 10.0. The highest BCUT2D eigenvalue weighted by Gasteiger charge is 2.22. The van der Waals surface area contributed by atoms with Crippen molar-refractivity contribution in [2.75, 3.05) is 13.1 Å². The summed E-state index contributed by atoms with van der Waals surface area (Å²) in [5, 5.41) is 8.40. The minimum absolute atomic E-state index is 0.0259. The van der Waals surface area contributed by atoms with Crippen LogP contribution in [0.15, 0.2) is 30.3 Å². The molecule has 2 amide bonds. The van der Waals surface area contributed by atoms with E-state index >= 15 is 0 Å². The third-order valence-corrected chi connectivity index (χ3v) is 3.69. The molecule has 0 spiro atoms. The normalized spacial score (nSPS) is 12.1. The molecule has 0 bridgehead atoms. The molecule has 0 heterocycles. The average molecular weight is 347 g/mol. The van der Waals surface area contributed by atoms with Gasteiger partial charge in [0.1, 0.15) is 6.04 Å². The molecule has 1 aromatic rings. The van der Waals surface area contributed by atoms with Crippen LogP contribution in [0.1, 0.15) is 33.3 Å². The summed E-state index contributed by atoms with van der Waals surface area (Å²) in [6, 6.07) is 8.92. The van der Waals surface area contributed by atoms with Gasteiger partial charge in [0.15, 0.2) is 5.78 Å². The predicted molar refractivity (Wildman–Crippen MR) is 98.1 cm³/mol. The Hall–Kier alpha value is -2.21. The minimum atomic E-state index is -0.719. The molecule has 0 aliphatic heterocycles. The number of nitrogens with one attached hydrogen (secondary N) is 3. The Bertz CT molecular complexity index is 571. The molecule has 1 aromatic carbocycles. The third-order valence-electron chi connectivity index (χ3n) is 3.69. The molecule has 0 fully saturated rings. The molecule has 138 valence electrons. The van der Waals surface area contributed by atoms with Gasteiger partial charge in [0, 0.05) is 18.4 Å². The Kier molecular flexibility index (Phi) is 8.84. The van der Waals surface area contributed by atoms with Crippen LogP contribution in [-0.4, -0.2) is 42.8 Å². The van der Waals surface area contributed by atoms with Gasteiger partial charge in [-0.25, -0.2) is 0 Å². The van der Waals surface area contributed by atoms with Crippen LogP contribution < -0.4 is 16.0 Å². The number of ketones is 1. The minimum Gasteiger partial charge on any atom is -0.347 e. The second-order valence-electron chi connectivity index (χ2n) is 6.68. The van der Waals surface area contributed by atoms with Gasteiger partial charge in [0.2, 0.25) is 11.8 Å². The van der Waals surface area contributed by atoms with E-state index in [2.05, 4.69) is 16.0 Å². The van der Waals surface area contributed by atoms with Gasteiger partial charge in [0.25, 0.3) is 0 Å². The van der Waals surface area contributed by atoms with Gasteiger partial charge in [-0.1, -0.05) is 58.0 Å². The van der Waals surface area contributed by atoms with Crippen molar-refractivity contribution in [1.82, 2.24) is 16.0 Å². The summed E-state index contributed by atoms with van der Waals surface area (Å²) in [6.07, 6.45) is 0.371. The number of hydrogen-bond donors (Lipinski definition) is 3. The van der Waals surface area contributed by atoms with E-state index in [-0.39, 0.29) is 42.6 Å². The van der Waals surface area contributed by atoms with Gasteiger partial charge in [-0.3, -0.25) is 14.4 Å². The zero-order valence-corrected chi connectivity index (χ0v) is 15.5. The maximum atomic E-state index is 12.4. The zero-order chi connectivity index (χ0) is 18.8. The van der Waals surface area contributed by atoms with Crippen LogP contribution in [0.5, 0.6) is 0 Å². The highest BCUT2D eigenvalue weighted by Crippen LogP contribution is 2.04. The van der Waals surface area contributed by atoms with E-state index in [1.54, 1.807) is 13.8 Å². The van der Waals surface area contributed by atoms with Gasteiger partial charge in [-0.05, 0) is 5.56 Å². The van der Waals surface area contributed by atoms with E-state index in [0.29, 0.717) is 6.42 Å². The maximum absolute atomic E-state index is 12.4. The molecule has 6 heteroatoms. The first-order chi connectivity index (χ1) is 11.8. The smallest absolute Gasteiger partial charge is 0.243 e. The van der Waals surface area contributed by atoms with Gasteiger partial charge in [-0.15, -0.1) is 0 Å². The second kappa shape index (κ2) is 10.6. The lowest BCUT2D eigenvalue weighted by Gasteiger charge is -2.19. The molecule has 1 atom stereocenters. The first kappa shape index (κ1) is 20.8. The quantitative estimate of drug-likeness (QED) is 0.590. The molecule has 0 aliphatic carbocycles. The lowest BCUT2D eigenvalue weighted by molar-refractivity contribution is -0.130. The van der Waals surface area contributed by atoms with Crippen molar-refractivity contribution < 1.29 is 14.4 Å². The van der Waals surface area contributed by atoms with E-state index in [0.717, 1.165) is 5.56 Å². The van der Waals surface area contributed by atoms with Crippen molar-refractivity contribution >= 4 is 17.6 Å². The Labute approximate surface area is 149 Å². The summed E-state index contributed by atoms with van der Waals surface area (Å²) in [7, 11) is 0. The standard InChI is InChI=1S/C19H29N3O3/c1-13(2)17(23)11-21-19(25)16(10-15-8-6-5-7-9-15)22-18(24)12-20-14(3)4/h5-9,13-14,16,20H,10-12H2,1-4H3,(H,21,25)(H,22,24)/t16-/m0/s1. The molecule has 0 saturated heterocycles. The molecule has 0 radical (unpaired) electrons. The summed E-state index contributed by atoms with van der Waals surface area (Å²) < 4.78 is 0. The lowest BCUT2D eigenvalue weighted by Crippen LogP contribution is -2.51. The van der Waals surface area contributed by atoms with Crippen molar-refractivity contribution in [2.45, 2.75) is 46.2 Å². The van der Waals surface area contributed by atoms with Crippen LogP contribution in [0.25, 0.3) is 0 Å². The number of carbonyl (C=O) groups excluding carboxylic acids is 3.